The van der Waals surface area contributed by atoms with Crippen LogP contribution >= 0.6 is 0 Å². The number of carbonyl (C=O) groups is 2. The van der Waals surface area contributed by atoms with Gasteiger partial charge in [-0.25, -0.2) is 9.18 Å². The molecule has 3 amide bonds. The van der Waals surface area contributed by atoms with E-state index in [4.69, 9.17) is 4.74 Å². The monoisotopic (exact) mass is 478 g/mol. The quantitative estimate of drug-likeness (QED) is 0.536. The van der Waals surface area contributed by atoms with Gasteiger partial charge in [-0.3, -0.25) is 4.79 Å². The van der Waals surface area contributed by atoms with Crippen LogP contribution in [0.4, 0.5) is 14.9 Å². The molecule has 3 aromatic rings. The van der Waals surface area contributed by atoms with Gasteiger partial charge in [0.2, 0.25) is 5.91 Å². The molecule has 1 spiro atoms. The molecule has 3 N–H and O–H groups in total. The first-order valence-corrected chi connectivity index (χ1v) is 11.9. The van der Waals surface area contributed by atoms with E-state index in [2.05, 4.69) is 10.3 Å². The molecule has 1 aliphatic carbocycles. The van der Waals surface area contributed by atoms with Gasteiger partial charge >= 0.3 is 6.03 Å². The van der Waals surface area contributed by atoms with Gasteiger partial charge in [-0.05, 0) is 42.7 Å². The van der Waals surface area contributed by atoms with Crippen molar-refractivity contribution < 1.29 is 23.8 Å². The number of fused-ring (bicyclic) bond motifs is 4. The lowest BCUT2D eigenvalue weighted by atomic mass is 9.68. The average Bonchev–Trinajstić information content (AvgIpc) is 3.62. The zero-order valence-electron chi connectivity index (χ0n) is 19.4. The number of aromatic nitrogens is 1. The summed E-state index contributed by atoms with van der Waals surface area (Å²) in [7, 11) is 1.60. The predicted molar refractivity (Wildman–Crippen MR) is 128 cm³/mol. The van der Waals surface area contributed by atoms with E-state index in [1.54, 1.807) is 24.1 Å². The van der Waals surface area contributed by atoms with E-state index in [0.29, 0.717) is 25.4 Å². The van der Waals surface area contributed by atoms with Crippen molar-refractivity contribution in [3.05, 3.63) is 59.5 Å². The number of ether oxygens (including phenoxy) is 1. The zero-order chi connectivity index (χ0) is 24.3. The van der Waals surface area contributed by atoms with Gasteiger partial charge in [-0.15, -0.1) is 0 Å². The van der Waals surface area contributed by atoms with Gasteiger partial charge in [0.05, 0.1) is 30.9 Å². The predicted octanol–water partition coefficient (Wildman–Crippen LogP) is 3.39. The Balaban J connectivity index is 1.41. The normalized spacial score (nSPS) is 20.5. The van der Waals surface area contributed by atoms with E-state index in [0.717, 1.165) is 35.0 Å². The maximum absolute atomic E-state index is 14.3. The Labute approximate surface area is 201 Å². The maximum Gasteiger partial charge on any atom is 0.322 e. The van der Waals surface area contributed by atoms with Gasteiger partial charge in [-0.1, -0.05) is 12.1 Å². The van der Waals surface area contributed by atoms with Crippen LogP contribution in [0.15, 0.2) is 42.5 Å². The van der Waals surface area contributed by atoms with Gasteiger partial charge in [-0.2, -0.15) is 0 Å². The number of aliphatic hydroxyl groups excluding tert-OH is 1. The Kier molecular flexibility index (Phi) is 5.00. The minimum Gasteiger partial charge on any atom is -0.497 e. The van der Waals surface area contributed by atoms with Gasteiger partial charge < -0.3 is 29.9 Å². The summed E-state index contributed by atoms with van der Waals surface area (Å²) in [5, 5.41) is 14.0. The number of nitrogens with one attached hydrogen (secondary N) is 2. The summed E-state index contributed by atoms with van der Waals surface area (Å²) < 4.78 is 19.6. The van der Waals surface area contributed by atoms with Crippen molar-refractivity contribution in [2.75, 3.05) is 38.7 Å². The van der Waals surface area contributed by atoms with Crippen molar-refractivity contribution in [3.8, 4) is 5.75 Å². The number of aromatic amines is 1. The number of benzene rings is 2. The lowest BCUT2D eigenvalue weighted by Crippen LogP contribution is -2.68. The number of methoxy groups -OCH3 is 1. The number of hydrogen-bond donors (Lipinski definition) is 3. The maximum atomic E-state index is 14.3. The molecule has 8 nitrogen and oxygen atoms in total. The first-order valence-electron chi connectivity index (χ1n) is 11.9. The van der Waals surface area contributed by atoms with Crippen LogP contribution in [0.3, 0.4) is 0 Å². The van der Waals surface area contributed by atoms with Crippen LogP contribution in [0.5, 0.6) is 5.75 Å². The molecule has 9 heteroatoms. The molecular formula is C26H27FN4O4. The van der Waals surface area contributed by atoms with Crippen molar-refractivity contribution in [1.29, 1.82) is 0 Å². The van der Waals surface area contributed by atoms with Crippen molar-refractivity contribution in [2.24, 2.45) is 5.92 Å². The van der Waals surface area contributed by atoms with Gasteiger partial charge in [0.25, 0.3) is 0 Å². The molecule has 3 heterocycles. The molecule has 1 saturated heterocycles. The highest BCUT2D eigenvalue weighted by Crippen LogP contribution is 2.49. The highest BCUT2D eigenvalue weighted by molar-refractivity contribution is 5.93. The van der Waals surface area contributed by atoms with Crippen molar-refractivity contribution >= 4 is 28.5 Å². The first kappa shape index (κ1) is 21.9. The number of hydrogen-bond acceptors (Lipinski definition) is 4. The molecule has 0 bridgehead atoms. The smallest absolute Gasteiger partial charge is 0.322 e. The van der Waals surface area contributed by atoms with E-state index in [9.17, 15) is 19.1 Å². The second-order valence-corrected chi connectivity index (χ2v) is 9.81. The molecule has 1 atom stereocenters. The summed E-state index contributed by atoms with van der Waals surface area (Å²) in [4.78, 5) is 33.0. The number of aliphatic hydroxyl groups is 1. The van der Waals surface area contributed by atoms with E-state index < -0.39 is 23.3 Å². The van der Waals surface area contributed by atoms with Crippen LogP contribution in [0, 0.1) is 11.7 Å². The number of amides is 3. The Hall–Kier alpha value is -3.59. The van der Waals surface area contributed by atoms with Crippen molar-refractivity contribution in [3.63, 3.8) is 0 Å². The van der Waals surface area contributed by atoms with Crippen LogP contribution in [0.2, 0.25) is 0 Å². The molecule has 2 fully saturated rings. The Morgan fingerprint density at radius 2 is 1.97 bits per heavy atom. The van der Waals surface area contributed by atoms with Crippen LogP contribution in [-0.4, -0.2) is 65.2 Å². The molecule has 6 rings (SSSR count). The van der Waals surface area contributed by atoms with E-state index >= 15 is 0 Å². The Morgan fingerprint density at radius 3 is 2.66 bits per heavy atom. The van der Waals surface area contributed by atoms with E-state index in [1.807, 2.05) is 23.1 Å². The van der Waals surface area contributed by atoms with Crippen LogP contribution in [-0.2, 0) is 10.2 Å². The molecule has 1 saturated carbocycles. The van der Waals surface area contributed by atoms with Crippen molar-refractivity contribution in [1.82, 2.24) is 14.8 Å². The molecule has 182 valence electrons. The van der Waals surface area contributed by atoms with Gasteiger partial charge in [0.1, 0.15) is 11.6 Å². The molecule has 0 radical (unpaired) electrons. The third kappa shape index (κ3) is 3.44. The number of rotatable bonds is 4. The second-order valence-electron chi connectivity index (χ2n) is 9.81. The van der Waals surface area contributed by atoms with Gasteiger partial charge in [0.15, 0.2) is 0 Å². The number of anilines is 1. The third-order valence-corrected chi connectivity index (χ3v) is 7.52. The fraction of sp³-hybridized carbons (Fsp3) is 0.385. The number of H-pyrrole nitrogens is 1. The molecule has 35 heavy (non-hydrogen) atoms. The van der Waals surface area contributed by atoms with Crippen LogP contribution < -0.4 is 10.1 Å². The third-order valence-electron chi connectivity index (χ3n) is 7.52. The summed E-state index contributed by atoms with van der Waals surface area (Å²) in [5.41, 5.74) is 2.21. The van der Waals surface area contributed by atoms with Crippen LogP contribution in [0.25, 0.3) is 10.9 Å². The highest BCUT2D eigenvalue weighted by Gasteiger charge is 2.56. The number of carbonyl (C=O) groups excluding carboxylic acids is 2. The Bertz CT molecular complexity index is 1330. The molecule has 1 aromatic heterocycles. The van der Waals surface area contributed by atoms with Crippen LogP contribution in [0.1, 0.15) is 30.1 Å². The summed E-state index contributed by atoms with van der Waals surface area (Å²) in [6.07, 6.45) is 1.87. The number of halogens is 1. The molecule has 2 aromatic carbocycles. The number of urea groups is 1. The highest BCUT2D eigenvalue weighted by atomic mass is 19.1. The standard InChI is InChI=1S/C26H27FN4O4/c1-35-16-8-9-17-20(10-16)28-23-21(11-32)31(25(34)29-19-5-3-2-4-18(19)27)14-26(22(17)23)12-30(13-26)24(33)15-6-7-15/h2-5,8-10,15,21,28,32H,6-7,11-14H2,1H3,(H,29,34)/t21-/m1/s1. The average molecular weight is 479 g/mol. The van der Waals surface area contributed by atoms with Crippen molar-refractivity contribution in [2.45, 2.75) is 24.3 Å². The number of nitrogens with zero attached hydrogens (tertiary/aromatic N) is 2. The lowest BCUT2D eigenvalue weighted by molar-refractivity contribution is -0.141. The summed E-state index contributed by atoms with van der Waals surface area (Å²) in [6, 6.07) is 10.6. The molecule has 0 unspecified atom stereocenters. The zero-order valence-corrected chi connectivity index (χ0v) is 19.4. The minimum atomic E-state index is -0.644. The Morgan fingerprint density at radius 1 is 1.20 bits per heavy atom. The lowest BCUT2D eigenvalue weighted by Gasteiger charge is -2.56. The largest absolute Gasteiger partial charge is 0.497 e. The topological polar surface area (TPSA) is 97.9 Å². The summed E-state index contributed by atoms with van der Waals surface area (Å²) in [6.45, 7) is 0.993. The minimum absolute atomic E-state index is 0.0783. The number of para-hydroxylation sites is 1. The molecule has 2 aliphatic heterocycles. The fourth-order valence-electron chi connectivity index (χ4n) is 5.66. The summed E-state index contributed by atoms with van der Waals surface area (Å²) in [5.74, 6) is 0.453. The summed E-state index contributed by atoms with van der Waals surface area (Å²) >= 11 is 0. The second kappa shape index (κ2) is 7.98. The first-order chi connectivity index (χ1) is 16.9. The van der Waals surface area contributed by atoms with Gasteiger partial charge in [0, 0.05) is 48.2 Å². The number of likely N-dealkylation sites (tertiary alicyclic amines) is 1. The van der Waals surface area contributed by atoms with E-state index in [-0.39, 0.29) is 24.1 Å². The van der Waals surface area contributed by atoms with E-state index in [1.165, 1.54) is 12.1 Å². The fourth-order valence-corrected chi connectivity index (χ4v) is 5.66. The molecular weight excluding hydrogens is 451 g/mol. The SMILES string of the molecule is COc1ccc2c3c([nH]c2c1)[C@@H](CO)N(C(=O)Nc1ccccc1F)CC31CN(C(=O)C2CC2)C1. The molecule has 3 aliphatic rings.